The molecule has 3 aliphatic heterocycles. The van der Waals surface area contributed by atoms with E-state index < -0.39 is 12.0 Å². The Hall–Kier alpha value is -4.20. The third-order valence-electron chi connectivity index (χ3n) is 7.38. The van der Waals surface area contributed by atoms with Crippen molar-refractivity contribution in [2.45, 2.75) is 24.5 Å². The first-order valence-electron chi connectivity index (χ1n) is 12.4. The molecule has 3 aromatic carbocycles. The second-order valence-electron chi connectivity index (χ2n) is 9.41. The van der Waals surface area contributed by atoms with Gasteiger partial charge in [0.1, 0.15) is 12.7 Å². The molecule has 2 amide bonds. The van der Waals surface area contributed by atoms with Crippen molar-refractivity contribution >= 4 is 11.8 Å². The van der Waals surface area contributed by atoms with E-state index in [0.717, 1.165) is 16.7 Å². The van der Waals surface area contributed by atoms with Crippen molar-refractivity contribution in [2.24, 2.45) is 0 Å². The van der Waals surface area contributed by atoms with Crippen LogP contribution in [0.4, 0.5) is 0 Å². The molecule has 8 heteroatoms. The predicted molar refractivity (Wildman–Crippen MR) is 136 cm³/mol. The minimum Gasteiger partial charge on any atom is -0.493 e. The lowest BCUT2D eigenvalue weighted by molar-refractivity contribution is -0.124. The second kappa shape index (κ2) is 9.35. The molecular weight excluding hydrogens is 472 g/mol. The largest absolute Gasteiger partial charge is 0.493 e. The number of fused-ring (bicyclic) bond motifs is 5. The molecular formula is C29H28N2O6. The lowest BCUT2D eigenvalue weighted by Crippen LogP contribution is -2.51. The van der Waals surface area contributed by atoms with Crippen LogP contribution in [0.15, 0.2) is 60.7 Å². The molecule has 0 saturated carbocycles. The highest BCUT2D eigenvalue weighted by molar-refractivity contribution is 6.01. The summed E-state index contributed by atoms with van der Waals surface area (Å²) in [5.41, 5.74) is 3.23. The highest BCUT2D eigenvalue weighted by Gasteiger charge is 2.46. The second-order valence-corrected chi connectivity index (χ2v) is 9.41. The summed E-state index contributed by atoms with van der Waals surface area (Å²) in [6.07, 6.45) is 0.347. The molecule has 6 rings (SSSR count). The standard InChI is InChI=1S/C29H28N2O6/c1-34-24-13-17-11-12-31-27(21(17)14-25(24)35-2)26(19-7-3-4-8-20(19)29(31)33)28(32)30-15-18-16-36-22-9-5-6-10-23(22)37-18/h3-10,13-14,18,26-27H,11-12,15-16H2,1-2H3,(H,30,32)/t18-,26+,27-/m1/s1. The lowest BCUT2D eigenvalue weighted by Gasteiger charge is -2.45. The highest BCUT2D eigenvalue weighted by Crippen LogP contribution is 2.48. The first-order chi connectivity index (χ1) is 18.1. The fourth-order valence-electron chi connectivity index (χ4n) is 5.62. The Morgan fingerprint density at radius 3 is 2.54 bits per heavy atom. The van der Waals surface area contributed by atoms with E-state index in [1.54, 1.807) is 20.3 Å². The zero-order chi connectivity index (χ0) is 25.5. The van der Waals surface area contributed by atoms with Gasteiger partial charge in [-0.2, -0.15) is 0 Å². The van der Waals surface area contributed by atoms with E-state index in [0.29, 0.717) is 48.1 Å². The Morgan fingerprint density at radius 1 is 1.00 bits per heavy atom. The molecule has 0 fully saturated rings. The minimum absolute atomic E-state index is 0.0642. The van der Waals surface area contributed by atoms with Crippen LogP contribution >= 0.6 is 0 Å². The number of carbonyl (C=O) groups is 2. The van der Waals surface area contributed by atoms with E-state index in [4.69, 9.17) is 18.9 Å². The molecule has 3 heterocycles. The van der Waals surface area contributed by atoms with E-state index in [2.05, 4.69) is 5.32 Å². The molecule has 0 bridgehead atoms. The number of hydrogen-bond donors (Lipinski definition) is 1. The first kappa shape index (κ1) is 23.2. The lowest BCUT2D eigenvalue weighted by atomic mass is 9.75. The van der Waals surface area contributed by atoms with Crippen LogP contribution in [0.1, 0.15) is 39.0 Å². The Morgan fingerprint density at radius 2 is 1.73 bits per heavy atom. The van der Waals surface area contributed by atoms with Gasteiger partial charge in [0.15, 0.2) is 23.0 Å². The zero-order valence-corrected chi connectivity index (χ0v) is 20.7. The SMILES string of the molecule is COc1cc2c(cc1OC)[C@@H]1[C@@H](C(=O)NC[C@@H]3COc4ccccc4O3)c3ccccc3C(=O)N1CC2. The fraction of sp³-hybridized carbons (Fsp3) is 0.310. The zero-order valence-electron chi connectivity index (χ0n) is 20.7. The Kier molecular flexibility index (Phi) is 5.87. The summed E-state index contributed by atoms with van der Waals surface area (Å²) in [4.78, 5) is 29.2. The number of para-hydroxylation sites is 2. The van der Waals surface area contributed by atoms with Crippen LogP contribution in [0.5, 0.6) is 23.0 Å². The number of carbonyl (C=O) groups excluding carboxylic acids is 2. The fourth-order valence-corrected chi connectivity index (χ4v) is 5.62. The number of benzene rings is 3. The van der Waals surface area contributed by atoms with E-state index in [1.165, 1.54) is 0 Å². The third-order valence-corrected chi connectivity index (χ3v) is 7.38. The van der Waals surface area contributed by atoms with Crippen molar-refractivity contribution in [2.75, 3.05) is 33.9 Å². The number of nitrogens with zero attached hydrogens (tertiary/aromatic N) is 1. The number of rotatable bonds is 5. The molecule has 3 aliphatic rings. The molecule has 190 valence electrons. The maximum absolute atomic E-state index is 13.9. The average Bonchev–Trinajstić information content (AvgIpc) is 2.95. The average molecular weight is 501 g/mol. The summed E-state index contributed by atoms with van der Waals surface area (Å²) in [5, 5.41) is 3.09. The summed E-state index contributed by atoms with van der Waals surface area (Å²) in [6.45, 7) is 1.14. The first-order valence-corrected chi connectivity index (χ1v) is 12.4. The van der Waals surface area contributed by atoms with Crippen molar-refractivity contribution in [1.29, 1.82) is 0 Å². The van der Waals surface area contributed by atoms with E-state index in [-0.39, 0.29) is 24.5 Å². The molecule has 37 heavy (non-hydrogen) atoms. The molecule has 1 N–H and O–H groups in total. The van der Waals surface area contributed by atoms with Gasteiger partial charge in [0.05, 0.1) is 32.7 Å². The number of amides is 2. The van der Waals surface area contributed by atoms with Gasteiger partial charge in [-0.25, -0.2) is 0 Å². The van der Waals surface area contributed by atoms with Crippen molar-refractivity contribution in [3.05, 3.63) is 82.9 Å². The molecule has 0 saturated heterocycles. The van der Waals surface area contributed by atoms with Gasteiger partial charge in [-0.1, -0.05) is 30.3 Å². The van der Waals surface area contributed by atoms with Crippen molar-refractivity contribution in [3.8, 4) is 23.0 Å². The monoisotopic (exact) mass is 500 g/mol. The van der Waals surface area contributed by atoms with Gasteiger partial charge in [-0.05, 0) is 53.4 Å². The molecule has 0 unspecified atom stereocenters. The van der Waals surface area contributed by atoms with E-state index in [9.17, 15) is 9.59 Å². The van der Waals surface area contributed by atoms with Crippen LogP contribution < -0.4 is 24.3 Å². The molecule has 0 aromatic heterocycles. The maximum Gasteiger partial charge on any atom is 0.254 e. The molecule has 3 aromatic rings. The van der Waals surface area contributed by atoms with Crippen molar-refractivity contribution in [1.82, 2.24) is 10.2 Å². The van der Waals surface area contributed by atoms with Gasteiger partial charge in [0, 0.05) is 12.1 Å². The highest BCUT2D eigenvalue weighted by atomic mass is 16.6. The van der Waals surface area contributed by atoms with Crippen LogP contribution in [0, 0.1) is 0 Å². The maximum atomic E-state index is 13.9. The van der Waals surface area contributed by atoms with Crippen LogP contribution in [-0.2, 0) is 11.2 Å². The minimum atomic E-state index is -0.595. The van der Waals surface area contributed by atoms with Crippen LogP contribution in [-0.4, -0.2) is 56.7 Å². The summed E-state index contributed by atoms with van der Waals surface area (Å²) in [6, 6.07) is 18.3. The Labute approximate surface area is 215 Å². The normalized spacial score (nSPS) is 21.3. The quantitative estimate of drug-likeness (QED) is 0.577. The van der Waals surface area contributed by atoms with Crippen LogP contribution in [0.3, 0.4) is 0 Å². The van der Waals surface area contributed by atoms with Gasteiger partial charge in [0.2, 0.25) is 5.91 Å². The molecule has 8 nitrogen and oxygen atoms in total. The van der Waals surface area contributed by atoms with Crippen molar-refractivity contribution in [3.63, 3.8) is 0 Å². The Bertz CT molecular complexity index is 1370. The summed E-state index contributed by atoms with van der Waals surface area (Å²) in [5.74, 6) is 1.74. The molecule has 0 spiro atoms. The van der Waals surface area contributed by atoms with Gasteiger partial charge < -0.3 is 29.2 Å². The summed E-state index contributed by atoms with van der Waals surface area (Å²) in [7, 11) is 3.19. The van der Waals surface area contributed by atoms with Gasteiger partial charge in [0.25, 0.3) is 5.91 Å². The number of methoxy groups -OCH3 is 2. The van der Waals surface area contributed by atoms with Gasteiger partial charge in [-0.3, -0.25) is 9.59 Å². The van der Waals surface area contributed by atoms with Crippen LogP contribution in [0.2, 0.25) is 0 Å². The molecule has 0 aliphatic carbocycles. The predicted octanol–water partition coefficient (Wildman–Crippen LogP) is 3.50. The van der Waals surface area contributed by atoms with Crippen LogP contribution in [0.25, 0.3) is 0 Å². The smallest absolute Gasteiger partial charge is 0.254 e. The van der Waals surface area contributed by atoms with Gasteiger partial charge in [-0.15, -0.1) is 0 Å². The van der Waals surface area contributed by atoms with E-state index in [1.807, 2.05) is 59.5 Å². The molecule has 3 atom stereocenters. The summed E-state index contributed by atoms with van der Waals surface area (Å²) >= 11 is 0. The van der Waals surface area contributed by atoms with Crippen molar-refractivity contribution < 1.29 is 28.5 Å². The summed E-state index contributed by atoms with van der Waals surface area (Å²) < 4.78 is 22.9. The topological polar surface area (TPSA) is 86.3 Å². The van der Waals surface area contributed by atoms with Gasteiger partial charge >= 0.3 is 0 Å². The Balaban J connectivity index is 1.34. The number of nitrogens with one attached hydrogen (secondary N) is 1. The number of ether oxygens (including phenoxy) is 4. The van der Waals surface area contributed by atoms with E-state index >= 15 is 0 Å². The third kappa shape index (κ3) is 3.93. The molecule has 0 radical (unpaired) electrons. The number of hydrogen-bond acceptors (Lipinski definition) is 6.